The average molecular weight is 267 g/mol. The molecule has 0 heterocycles. The van der Waals surface area contributed by atoms with Crippen molar-refractivity contribution in [2.24, 2.45) is 0 Å². The van der Waals surface area contributed by atoms with E-state index in [1.165, 1.54) is 36.8 Å². The van der Waals surface area contributed by atoms with Crippen molar-refractivity contribution in [3.05, 3.63) is 65.2 Å². The topological polar surface area (TPSA) is 32.3 Å². The Morgan fingerprint density at radius 1 is 1.00 bits per heavy atom. The summed E-state index contributed by atoms with van der Waals surface area (Å²) in [4.78, 5) is 0. The lowest BCUT2D eigenvalue weighted by Gasteiger charge is -2.19. The van der Waals surface area contributed by atoms with Crippen LogP contribution in [0.25, 0.3) is 0 Å². The Morgan fingerprint density at radius 3 is 2.70 bits per heavy atom. The molecule has 1 aliphatic carbocycles. The highest BCUT2D eigenvalue weighted by atomic mass is 16.3. The normalized spacial score (nSPS) is 18.3. The van der Waals surface area contributed by atoms with Crippen LogP contribution in [0.4, 0.5) is 0 Å². The quantitative estimate of drug-likeness (QED) is 0.825. The first-order chi connectivity index (χ1) is 9.84. The number of para-hydroxylation sites is 1. The minimum absolute atomic E-state index is 0.377. The van der Waals surface area contributed by atoms with Crippen LogP contribution in [0.2, 0.25) is 0 Å². The monoisotopic (exact) mass is 267 g/mol. The molecule has 2 N–H and O–H groups in total. The lowest BCUT2D eigenvalue weighted by molar-refractivity contribution is 0.449. The van der Waals surface area contributed by atoms with Crippen molar-refractivity contribution >= 4 is 0 Å². The summed E-state index contributed by atoms with van der Waals surface area (Å²) in [5.74, 6) is 0.377. The molecule has 0 aliphatic heterocycles. The van der Waals surface area contributed by atoms with Gasteiger partial charge in [0.1, 0.15) is 5.75 Å². The van der Waals surface area contributed by atoms with Gasteiger partial charge < -0.3 is 10.4 Å². The van der Waals surface area contributed by atoms with E-state index in [2.05, 4.69) is 29.6 Å². The Balaban J connectivity index is 1.76. The number of aryl methyl sites for hydroxylation is 1. The third-order valence-electron chi connectivity index (χ3n) is 4.15. The van der Waals surface area contributed by atoms with E-state index in [4.69, 9.17) is 0 Å². The molecule has 2 heteroatoms. The number of hydrogen-bond acceptors (Lipinski definition) is 2. The fourth-order valence-electron chi connectivity index (χ4n) is 3.03. The number of benzene rings is 2. The van der Waals surface area contributed by atoms with Gasteiger partial charge in [0.2, 0.25) is 0 Å². The molecular formula is C18H21NO. The van der Waals surface area contributed by atoms with Gasteiger partial charge in [0.25, 0.3) is 0 Å². The van der Waals surface area contributed by atoms with E-state index in [0.717, 1.165) is 5.56 Å². The van der Waals surface area contributed by atoms with Crippen LogP contribution in [0.3, 0.4) is 0 Å². The Hall–Kier alpha value is -1.80. The fraction of sp³-hybridized carbons (Fsp3) is 0.333. The molecule has 2 aromatic carbocycles. The van der Waals surface area contributed by atoms with Gasteiger partial charge in [-0.25, -0.2) is 0 Å². The van der Waals surface area contributed by atoms with Crippen molar-refractivity contribution in [3.63, 3.8) is 0 Å². The van der Waals surface area contributed by atoms with Crippen LogP contribution >= 0.6 is 0 Å². The highest BCUT2D eigenvalue weighted by Gasteiger charge is 2.17. The zero-order chi connectivity index (χ0) is 13.8. The number of phenolic OH excluding ortho intramolecular Hbond substituents is 1. The number of phenols is 1. The number of hydrogen-bond donors (Lipinski definition) is 2. The summed E-state index contributed by atoms with van der Waals surface area (Å²) in [5, 5.41) is 13.5. The molecule has 1 aliphatic rings. The Kier molecular flexibility index (Phi) is 4.03. The van der Waals surface area contributed by atoms with E-state index in [9.17, 15) is 5.11 Å². The summed E-state index contributed by atoms with van der Waals surface area (Å²) < 4.78 is 0. The molecule has 1 atom stereocenters. The minimum atomic E-state index is 0.377. The highest BCUT2D eigenvalue weighted by molar-refractivity contribution is 5.33. The summed E-state index contributed by atoms with van der Waals surface area (Å²) in [7, 11) is 0. The number of aromatic hydroxyl groups is 1. The molecule has 20 heavy (non-hydrogen) atoms. The molecule has 1 unspecified atom stereocenters. The standard InChI is InChI=1S/C18H21NO/c20-18-12-6-3-9-15(18)13-19-17-11-5-2-8-14-7-1-4-10-16(14)17/h1,3-4,6-7,9-10,12,17,19-20H,2,5,8,11,13H2. The molecule has 0 fully saturated rings. The van der Waals surface area contributed by atoms with Gasteiger partial charge in [-0.15, -0.1) is 0 Å². The molecule has 3 rings (SSSR count). The molecule has 0 aromatic heterocycles. The van der Waals surface area contributed by atoms with Gasteiger partial charge >= 0.3 is 0 Å². The van der Waals surface area contributed by atoms with Gasteiger partial charge in [-0.3, -0.25) is 0 Å². The van der Waals surface area contributed by atoms with Crippen molar-refractivity contribution in [1.82, 2.24) is 5.32 Å². The zero-order valence-electron chi connectivity index (χ0n) is 11.7. The largest absolute Gasteiger partial charge is 0.508 e. The van der Waals surface area contributed by atoms with Gasteiger partial charge in [-0.05, 0) is 36.5 Å². The van der Waals surface area contributed by atoms with Gasteiger partial charge in [0, 0.05) is 18.2 Å². The van der Waals surface area contributed by atoms with Crippen molar-refractivity contribution < 1.29 is 5.11 Å². The number of nitrogens with one attached hydrogen (secondary N) is 1. The van der Waals surface area contributed by atoms with Gasteiger partial charge in [0.15, 0.2) is 0 Å². The highest BCUT2D eigenvalue weighted by Crippen LogP contribution is 2.29. The third-order valence-corrected chi connectivity index (χ3v) is 4.15. The molecule has 0 amide bonds. The van der Waals surface area contributed by atoms with Crippen LogP contribution in [0.5, 0.6) is 5.75 Å². The molecule has 0 spiro atoms. The molecule has 104 valence electrons. The Bertz CT molecular complexity index is 579. The van der Waals surface area contributed by atoms with E-state index >= 15 is 0 Å². The first-order valence-corrected chi connectivity index (χ1v) is 7.42. The first-order valence-electron chi connectivity index (χ1n) is 7.42. The predicted molar refractivity (Wildman–Crippen MR) is 81.7 cm³/mol. The van der Waals surface area contributed by atoms with E-state index in [-0.39, 0.29) is 0 Å². The summed E-state index contributed by atoms with van der Waals surface area (Å²) >= 11 is 0. The van der Waals surface area contributed by atoms with E-state index in [0.29, 0.717) is 18.3 Å². The molecule has 2 nitrogen and oxygen atoms in total. The molecule has 0 saturated heterocycles. The van der Waals surface area contributed by atoms with Crippen molar-refractivity contribution in [2.75, 3.05) is 0 Å². The maximum Gasteiger partial charge on any atom is 0.120 e. The van der Waals surface area contributed by atoms with Crippen molar-refractivity contribution in [3.8, 4) is 5.75 Å². The van der Waals surface area contributed by atoms with Crippen LogP contribution in [-0.2, 0) is 13.0 Å². The average Bonchev–Trinajstić information content (AvgIpc) is 2.69. The van der Waals surface area contributed by atoms with E-state index in [1.54, 1.807) is 6.07 Å². The third kappa shape index (κ3) is 2.86. The summed E-state index contributed by atoms with van der Waals surface area (Å²) in [6.07, 6.45) is 4.88. The van der Waals surface area contributed by atoms with Crippen molar-refractivity contribution in [1.29, 1.82) is 0 Å². The molecule has 2 aromatic rings. The van der Waals surface area contributed by atoms with Crippen LogP contribution in [0, 0.1) is 0 Å². The Labute approximate surface area is 120 Å². The summed E-state index contributed by atoms with van der Waals surface area (Å²) in [5.41, 5.74) is 3.87. The summed E-state index contributed by atoms with van der Waals surface area (Å²) in [6.45, 7) is 0.714. The van der Waals surface area contributed by atoms with Crippen LogP contribution in [0.15, 0.2) is 48.5 Å². The number of rotatable bonds is 3. The van der Waals surface area contributed by atoms with Gasteiger partial charge in [-0.2, -0.15) is 0 Å². The van der Waals surface area contributed by atoms with Crippen LogP contribution < -0.4 is 5.32 Å². The molecule has 0 radical (unpaired) electrons. The van der Waals surface area contributed by atoms with Crippen molar-refractivity contribution in [2.45, 2.75) is 38.3 Å². The maximum absolute atomic E-state index is 9.85. The Morgan fingerprint density at radius 2 is 1.80 bits per heavy atom. The van der Waals surface area contributed by atoms with E-state index in [1.807, 2.05) is 18.2 Å². The molecule has 0 bridgehead atoms. The smallest absolute Gasteiger partial charge is 0.120 e. The second-order valence-corrected chi connectivity index (χ2v) is 5.51. The van der Waals surface area contributed by atoms with Crippen LogP contribution in [-0.4, -0.2) is 5.11 Å². The second-order valence-electron chi connectivity index (χ2n) is 5.51. The van der Waals surface area contributed by atoms with E-state index < -0.39 is 0 Å². The first kappa shape index (κ1) is 13.2. The number of fused-ring (bicyclic) bond motifs is 1. The van der Waals surface area contributed by atoms with Gasteiger partial charge in [0.05, 0.1) is 0 Å². The zero-order valence-corrected chi connectivity index (χ0v) is 11.7. The molecular weight excluding hydrogens is 246 g/mol. The fourth-order valence-corrected chi connectivity index (χ4v) is 3.03. The minimum Gasteiger partial charge on any atom is -0.508 e. The second kappa shape index (κ2) is 6.10. The lowest BCUT2D eigenvalue weighted by atomic mass is 9.99. The lowest BCUT2D eigenvalue weighted by Crippen LogP contribution is -2.21. The SMILES string of the molecule is Oc1ccccc1CNC1CCCCc2ccccc21. The predicted octanol–water partition coefficient (Wildman–Crippen LogP) is 3.95. The molecule has 0 saturated carbocycles. The van der Waals surface area contributed by atoms with Crippen LogP contribution in [0.1, 0.15) is 42.0 Å². The van der Waals surface area contributed by atoms with Gasteiger partial charge in [-0.1, -0.05) is 48.9 Å². The maximum atomic E-state index is 9.85. The summed E-state index contributed by atoms with van der Waals surface area (Å²) in [6, 6.07) is 16.7.